The lowest BCUT2D eigenvalue weighted by atomic mass is 9.85. The number of ether oxygens (including phenoxy) is 2. The highest BCUT2D eigenvalue weighted by Crippen LogP contribution is 2.61. The molecule has 4 N–H and O–H groups in total. The molecule has 4 heterocycles. The van der Waals surface area contributed by atoms with Crippen LogP contribution in [0.1, 0.15) is 42.9 Å². The third-order valence-electron chi connectivity index (χ3n) is 7.06. The summed E-state index contributed by atoms with van der Waals surface area (Å²) in [7, 11) is -10.5. The number of fused-ring (bicyclic) bond motifs is 5. The van der Waals surface area contributed by atoms with Crippen LogP contribution in [0.3, 0.4) is 0 Å². The Hall–Kier alpha value is -3.18. The minimum atomic E-state index is -5.26. The fourth-order valence-electron chi connectivity index (χ4n) is 5.11. The highest BCUT2D eigenvalue weighted by Gasteiger charge is 2.51. The fourth-order valence-corrected chi connectivity index (χ4v) is 7.61. The smallest absolute Gasteiger partial charge is 0.355 e. The number of benzene rings is 1. The summed E-state index contributed by atoms with van der Waals surface area (Å²) >= 11 is 0. The topological polar surface area (TPSA) is 203 Å². The Morgan fingerprint density at radius 1 is 1.15 bits per heavy atom. The van der Waals surface area contributed by atoms with Gasteiger partial charge in [0.1, 0.15) is 6.61 Å². The molecule has 0 saturated heterocycles. The lowest BCUT2D eigenvalue weighted by Gasteiger charge is -2.35. The van der Waals surface area contributed by atoms with E-state index in [-0.39, 0.29) is 30.7 Å². The van der Waals surface area contributed by atoms with Gasteiger partial charge in [-0.1, -0.05) is 25.1 Å². The van der Waals surface area contributed by atoms with E-state index in [9.17, 15) is 43.1 Å². The summed E-state index contributed by atoms with van der Waals surface area (Å²) in [5.41, 5.74) is 0.158. The predicted octanol–water partition coefficient (Wildman–Crippen LogP) is 2.09. The maximum atomic E-state index is 13.5. The number of pyridine rings is 2. The number of aromatic nitrogens is 2. The van der Waals surface area contributed by atoms with E-state index >= 15 is 0 Å². The number of cyclic esters (lactones) is 1. The van der Waals surface area contributed by atoms with Gasteiger partial charge in [0, 0.05) is 22.9 Å². The SMILES string of the molecule is CC[C@@]1(OC(=O)CCC(P(=O)(O)O)P(=O)(O)O)C(=O)OCc2c1cc1n(c2=O)Cc2cc3ccccc3nc2-1. The van der Waals surface area contributed by atoms with Gasteiger partial charge in [-0.3, -0.25) is 18.7 Å². The van der Waals surface area contributed by atoms with Gasteiger partial charge in [0.25, 0.3) is 5.56 Å². The van der Waals surface area contributed by atoms with E-state index in [4.69, 9.17) is 14.5 Å². The van der Waals surface area contributed by atoms with Crippen LogP contribution in [0.25, 0.3) is 22.3 Å². The van der Waals surface area contributed by atoms with Crippen LogP contribution in [-0.4, -0.2) is 46.5 Å². The van der Waals surface area contributed by atoms with Gasteiger partial charge in [0.05, 0.1) is 29.0 Å². The molecule has 0 amide bonds. The van der Waals surface area contributed by atoms with Gasteiger partial charge < -0.3 is 33.6 Å². The van der Waals surface area contributed by atoms with E-state index in [2.05, 4.69) is 0 Å². The Morgan fingerprint density at radius 3 is 2.51 bits per heavy atom. The third kappa shape index (κ3) is 4.65. The zero-order valence-corrected chi connectivity index (χ0v) is 22.3. The summed E-state index contributed by atoms with van der Waals surface area (Å²) in [6, 6.07) is 10.9. The first kappa shape index (κ1) is 27.4. The zero-order valence-electron chi connectivity index (χ0n) is 20.5. The average Bonchev–Trinajstić information content (AvgIpc) is 3.20. The summed E-state index contributed by atoms with van der Waals surface area (Å²) < 4.78 is 35.4. The van der Waals surface area contributed by atoms with Gasteiger partial charge in [0.2, 0.25) is 5.60 Å². The van der Waals surface area contributed by atoms with Crippen LogP contribution in [0.4, 0.5) is 0 Å². The maximum absolute atomic E-state index is 13.5. The lowest BCUT2D eigenvalue weighted by Crippen LogP contribution is -2.47. The Bertz CT molecular complexity index is 1670. The molecule has 3 aromatic rings. The molecular weight excluding hydrogens is 554 g/mol. The van der Waals surface area contributed by atoms with Crippen LogP contribution in [0.2, 0.25) is 0 Å². The van der Waals surface area contributed by atoms with Crippen molar-refractivity contribution in [1.29, 1.82) is 0 Å². The second-order valence-corrected chi connectivity index (χ2v) is 13.4. The molecule has 13 nitrogen and oxygen atoms in total. The van der Waals surface area contributed by atoms with Gasteiger partial charge >= 0.3 is 27.1 Å². The van der Waals surface area contributed by atoms with Gasteiger partial charge in [-0.25, -0.2) is 9.78 Å². The lowest BCUT2D eigenvalue weighted by molar-refractivity contribution is -0.189. The van der Waals surface area contributed by atoms with E-state index < -0.39 is 56.5 Å². The Labute approximate surface area is 220 Å². The molecule has 0 aliphatic carbocycles. The number of carbonyl (C=O) groups is 2. The second kappa shape index (κ2) is 9.48. The molecule has 2 aliphatic heterocycles. The molecule has 0 fully saturated rings. The van der Waals surface area contributed by atoms with Crippen molar-refractivity contribution in [3.05, 3.63) is 63.4 Å². The average molecular weight is 578 g/mol. The highest BCUT2D eigenvalue weighted by molar-refractivity contribution is 7.70. The molecule has 2 aliphatic rings. The summed E-state index contributed by atoms with van der Waals surface area (Å²) in [4.78, 5) is 81.4. The molecular formula is C24H24N2O11P2. The van der Waals surface area contributed by atoms with E-state index in [1.807, 2.05) is 30.3 Å². The molecule has 39 heavy (non-hydrogen) atoms. The number of para-hydroxylation sites is 1. The van der Waals surface area contributed by atoms with E-state index in [1.54, 1.807) is 6.07 Å². The van der Waals surface area contributed by atoms with Crippen molar-refractivity contribution >= 4 is 38.0 Å². The quantitative estimate of drug-likeness (QED) is 0.184. The normalized spacial score (nSPS) is 18.5. The summed E-state index contributed by atoms with van der Waals surface area (Å²) in [5.74, 6) is -2.10. The molecule has 0 unspecified atom stereocenters. The first-order valence-electron chi connectivity index (χ1n) is 11.9. The molecule has 0 bridgehead atoms. The monoisotopic (exact) mass is 578 g/mol. The van der Waals surface area contributed by atoms with Crippen LogP contribution in [0.15, 0.2) is 41.2 Å². The minimum absolute atomic E-state index is 0.105. The Kier molecular flexibility index (Phi) is 6.66. The number of nitrogens with zero attached hydrogens (tertiary/aromatic N) is 2. The van der Waals surface area contributed by atoms with E-state index in [0.717, 1.165) is 10.9 Å². The number of carbonyl (C=O) groups excluding carboxylic acids is 2. The van der Waals surface area contributed by atoms with Crippen LogP contribution in [0, 0.1) is 0 Å². The zero-order chi connectivity index (χ0) is 28.3. The summed E-state index contributed by atoms with van der Waals surface area (Å²) in [5, 5.41) is -1.52. The van der Waals surface area contributed by atoms with Crippen molar-refractivity contribution in [2.45, 2.75) is 50.3 Å². The van der Waals surface area contributed by atoms with Crippen LogP contribution >= 0.6 is 15.2 Å². The largest absolute Gasteiger partial charge is 0.457 e. The Balaban J connectivity index is 1.54. The predicted molar refractivity (Wildman–Crippen MR) is 136 cm³/mol. The molecule has 5 rings (SSSR count). The third-order valence-corrected chi connectivity index (χ3v) is 10.9. The van der Waals surface area contributed by atoms with Crippen molar-refractivity contribution in [1.82, 2.24) is 9.55 Å². The number of hydrogen-bond donors (Lipinski definition) is 4. The van der Waals surface area contributed by atoms with Gasteiger partial charge in [-0.05, 0) is 31.0 Å². The first-order valence-corrected chi connectivity index (χ1v) is 15.3. The molecule has 0 spiro atoms. The first-order chi connectivity index (χ1) is 18.3. The second-order valence-electron chi connectivity index (χ2n) is 9.43. The Morgan fingerprint density at radius 2 is 1.85 bits per heavy atom. The standard InChI is InChI=1S/C24H24N2O11P2/c1-2-24(37-19(27)7-8-20(38(30,31)32)39(33,34)35)16-10-18-21-14(9-13-5-3-4-6-17(13)25-21)11-26(18)22(28)15(16)12-36-23(24)29/h3-6,9-10,20H,2,7-8,11-12H2,1H3,(H2,30,31,32)(H2,33,34,35)/t24-/m0/s1. The molecule has 0 saturated carbocycles. The minimum Gasteiger partial charge on any atom is -0.457 e. The highest BCUT2D eigenvalue weighted by atomic mass is 31.2. The molecule has 206 valence electrons. The van der Waals surface area contributed by atoms with E-state index in [1.165, 1.54) is 11.5 Å². The molecule has 15 heteroatoms. The molecule has 1 atom stereocenters. The van der Waals surface area contributed by atoms with Crippen molar-refractivity contribution in [3.63, 3.8) is 0 Å². The number of esters is 2. The van der Waals surface area contributed by atoms with Crippen molar-refractivity contribution in [2.24, 2.45) is 0 Å². The summed E-state index contributed by atoms with van der Waals surface area (Å²) in [6.45, 7) is 1.42. The molecule has 0 radical (unpaired) electrons. The van der Waals surface area contributed by atoms with Crippen molar-refractivity contribution in [2.75, 3.05) is 0 Å². The van der Waals surface area contributed by atoms with E-state index in [0.29, 0.717) is 16.9 Å². The van der Waals surface area contributed by atoms with Crippen LogP contribution in [-0.2, 0) is 46.9 Å². The van der Waals surface area contributed by atoms with Crippen molar-refractivity contribution in [3.8, 4) is 11.4 Å². The van der Waals surface area contributed by atoms with Gasteiger partial charge in [-0.2, -0.15) is 0 Å². The molecule has 1 aromatic carbocycles. The van der Waals surface area contributed by atoms with Gasteiger partial charge in [-0.15, -0.1) is 0 Å². The summed E-state index contributed by atoms with van der Waals surface area (Å²) in [6.07, 6.45) is -1.86. The van der Waals surface area contributed by atoms with Gasteiger partial charge in [0.15, 0.2) is 5.40 Å². The fraction of sp³-hybridized carbons (Fsp3) is 0.333. The maximum Gasteiger partial charge on any atom is 0.355 e. The van der Waals surface area contributed by atoms with Crippen LogP contribution in [0.5, 0.6) is 0 Å². The van der Waals surface area contributed by atoms with Crippen molar-refractivity contribution < 1.29 is 47.8 Å². The molecule has 2 aromatic heterocycles. The number of rotatable bonds is 7. The van der Waals surface area contributed by atoms with Crippen LogP contribution < -0.4 is 5.56 Å². The number of hydrogen-bond acceptors (Lipinski definition) is 8.